The maximum Gasteiger partial charge on any atom is 0.262 e. The first-order valence-corrected chi connectivity index (χ1v) is 11.2. The lowest BCUT2D eigenvalue weighted by atomic mass is 9.97. The summed E-state index contributed by atoms with van der Waals surface area (Å²) >= 11 is 0. The van der Waals surface area contributed by atoms with Crippen molar-refractivity contribution in [2.24, 2.45) is 5.16 Å². The summed E-state index contributed by atoms with van der Waals surface area (Å²) in [6.45, 7) is 2.99. The number of alkyl halides is 2. The molecule has 0 aliphatic carbocycles. The number of nitrogens with zero attached hydrogens (tertiary/aromatic N) is 4. The highest BCUT2D eigenvalue weighted by Crippen LogP contribution is 2.30. The van der Waals surface area contributed by atoms with Gasteiger partial charge in [-0.3, -0.25) is 4.79 Å². The molecule has 1 amide bonds. The SMILES string of the molecule is COc1cc(/C=C2\CCCN3C2=NOC[C@@H]3CC(=O)NCC(C)(F)F)ccc1-n1cnc(C)c1. The van der Waals surface area contributed by atoms with E-state index in [1.807, 2.05) is 46.9 Å². The summed E-state index contributed by atoms with van der Waals surface area (Å²) in [5, 5.41) is 6.56. The van der Waals surface area contributed by atoms with Gasteiger partial charge in [-0.1, -0.05) is 11.2 Å². The summed E-state index contributed by atoms with van der Waals surface area (Å²) in [4.78, 5) is 24.0. The van der Waals surface area contributed by atoms with Gasteiger partial charge in [-0.05, 0) is 49.1 Å². The van der Waals surface area contributed by atoms with Gasteiger partial charge in [0, 0.05) is 19.7 Å². The number of halogens is 2. The number of aromatic nitrogens is 2. The fourth-order valence-electron chi connectivity index (χ4n) is 4.18. The number of carbonyl (C=O) groups is 1. The van der Waals surface area contributed by atoms with Crippen LogP contribution in [0.2, 0.25) is 0 Å². The van der Waals surface area contributed by atoms with Crippen molar-refractivity contribution in [1.29, 1.82) is 0 Å². The molecule has 34 heavy (non-hydrogen) atoms. The second-order valence-corrected chi connectivity index (χ2v) is 8.74. The molecule has 0 radical (unpaired) electrons. The van der Waals surface area contributed by atoms with E-state index in [1.54, 1.807) is 13.4 Å². The zero-order chi connectivity index (χ0) is 24.3. The lowest BCUT2D eigenvalue weighted by molar-refractivity contribution is -0.124. The third-order valence-electron chi connectivity index (χ3n) is 5.81. The molecule has 1 fully saturated rings. The van der Waals surface area contributed by atoms with Crippen molar-refractivity contribution in [3.63, 3.8) is 0 Å². The summed E-state index contributed by atoms with van der Waals surface area (Å²) < 4.78 is 33.7. The highest BCUT2D eigenvalue weighted by molar-refractivity contribution is 6.03. The topological polar surface area (TPSA) is 81.0 Å². The summed E-state index contributed by atoms with van der Waals surface area (Å²) in [5.74, 6) is -1.98. The fraction of sp³-hybridized carbons (Fsp3) is 0.458. The van der Waals surface area contributed by atoms with Crippen LogP contribution in [-0.4, -0.2) is 65.0 Å². The van der Waals surface area contributed by atoms with Crippen LogP contribution in [0.3, 0.4) is 0 Å². The van der Waals surface area contributed by atoms with Gasteiger partial charge >= 0.3 is 0 Å². The predicted octanol–water partition coefficient (Wildman–Crippen LogP) is 3.54. The molecule has 4 rings (SSSR count). The maximum atomic E-state index is 13.1. The van der Waals surface area contributed by atoms with Crippen molar-refractivity contribution in [1.82, 2.24) is 19.8 Å². The monoisotopic (exact) mass is 473 g/mol. The molecule has 2 aromatic rings. The molecule has 1 aromatic carbocycles. The van der Waals surface area contributed by atoms with Crippen LogP contribution in [0.4, 0.5) is 8.78 Å². The largest absolute Gasteiger partial charge is 0.495 e. The van der Waals surface area contributed by atoms with E-state index in [9.17, 15) is 13.6 Å². The molecule has 8 nitrogen and oxygen atoms in total. The number of hydrogen-bond donors (Lipinski definition) is 1. The van der Waals surface area contributed by atoms with E-state index < -0.39 is 18.4 Å². The minimum absolute atomic E-state index is 0.0647. The van der Waals surface area contributed by atoms with Crippen LogP contribution in [0.1, 0.15) is 37.4 Å². The molecule has 1 aromatic heterocycles. The van der Waals surface area contributed by atoms with Crippen LogP contribution in [-0.2, 0) is 9.63 Å². The Balaban J connectivity index is 1.51. The first kappa shape index (κ1) is 23.7. The van der Waals surface area contributed by atoms with E-state index in [2.05, 4.69) is 15.5 Å². The number of ether oxygens (including phenoxy) is 1. The van der Waals surface area contributed by atoms with E-state index in [0.717, 1.165) is 48.8 Å². The number of oxime groups is 1. The number of imidazole rings is 1. The zero-order valence-corrected chi connectivity index (χ0v) is 19.6. The first-order chi connectivity index (χ1) is 16.2. The number of aryl methyl sites for hydroxylation is 1. The number of benzene rings is 1. The summed E-state index contributed by atoms with van der Waals surface area (Å²) in [6.07, 6.45) is 7.48. The van der Waals surface area contributed by atoms with Gasteiger partial charge in [0.05, 0.1) is 43.8 Å². The van der Waals surface area contributed by atoms with Gasteiger partial charge in [-0.15, -0.1) is 0 Å². The van der Waals surface area contributed by atoms with Gasteiger partial charge in [0.25, 0.3) is 5.92 Å². The molecular formula is C24H29F2N5O3. The van der Waals surface area contributed by atoms with Crippen molar-refractivity contribution in [2.75, 3.05) is 26.8 Å². The standard InChI is InChI=1S/C24H29F2N5O3/c1-16-12-30(15-28-16)20-7-6-17(10-21(20)33-3)9-18-5-4-8-31-19(13-34-29-23(18)31)11-22(32)27-14-24(2,25)26/h6-7,9-10,12,15,19H,4-5,8,11,13-14H2,1-3H3,(H,27,32)/b18-9+/t19-/m0/s1. The van der Waals surface area contributed by atoms with Crippen LogP contribution in [0.25, 0.3) is 11.8 Å². The number of rotatable bonds is 7. The normalized spacial score (nSPS) is 19.3. The number of amides is 1. The second-order valence-electron chi connectivity index (χ2n) is 8.74. The van der Waals surface area contributed by atoms with Gasteiger partial charge < -0.3 is 24.4 Å². The van der Waals surface area contributed by atoms with Crippen molar-refractivity contribution in [3.05, 3.63) is 47.6 Å². The second kappa shape index (κ2) is 9.82. The molecule has 0 saturated carbocycles. The lowest BCUT2D eigenvalue weighted by Gasteiger charge is -2.39. The third kappa shape index (κ3) is 5.55. The van der Waals surface area contributed by atoms with Gasteiger partial charge in [-0.2, -0.15) is 0 Å². The molecule has 2 aliphatic rings. The molecule has 3 heterocycles. The molecule has 1 atom stereocenters. The quantitative estimate of drug-likeness (QED) is 0.665. The van der Waals surface area contributed by atoms with E-state index >= 15 is 0 Å². The average Bonchev–Trinajstić information content (AvgIpc) is 3.24. The maximum absolute atomic E-state index is 13.1. The van der Waals surface area contributed by atoms with Crippen LogP contribution in [0.5, 0.6) is 5.75 Å². The van der Waals surface area contributed by atoms with Crippen LogP contribution >= 0.6 is 0 Å². The predicted molar refractivity (Wildman–Crippen MR) is 124 cm³/mol. The number of nitrogens with one attached hydrogen (secondary N) is 1. The average molecular weight is 474 g/mol. The zero-order valence-electron chi connectivity index (χ0n) is 19.6. The van der Waals surface area contributed by atoms with Gasteiger partial charge in [0.2, 0.25) is 5.91 Å². The fourth-order valence-corrected chi connectivity index (χ4v) is 4.18. The van der Waals surface area contributed by atoms with E-state index in [1.165, 1.54) is 0 Å². The first-order valence-electron chi connectivity index (χ1n) is 11.2. The Bertz CT molecular complexity index is 1110. The minimum atomic E-state index is -2.94. The summed E-state index contributed by atoms with van der Waals surface area (Å²) in [6, 6.07) is 5.67. The summed E-state index contributed by atoms with van der Waals surface area (Å²) in [7, 11) is 1.63. The highest BCUT2D eigenvalue weighted by Gasteiger charge is 2.33. The Morgan fingerprint density at radius 1 is 1.41 bits per heavy atom. The van der Waals surface area contributed by atoms with Crippen LogP contribution in [0, 0.1) is 6.92 Å². The molecular weight excluding hydrogens is 444 g/mol. The number of carbonyl (C=O) groups excluding carboxylic acids is 1. The number of methoxy groups -OCH3 is 1. The van der Waals surface area contributed by atoms with Gasteiger partial charge in [-0.25, -0.2) is 13.8 Å². The van der Waals surface area contributed by atoms with Gasteiger partial charge in [0.15, 0.2) is 5.84 Å². The lowest BCUT2D eigenvalue weighted by Crippen LogP contribution is -2.51. The Morgan fingerprint density at radius 3 is 2.94 bits per heavy atom. The Labute approximate surface area is 197 Å². The number of hydrogen-bond acceptors (Lipinski definition) is 6. The molecule has 1 N–H and O–H groups in total. The van der Waals surface area contributed by atoms with Crippen molar-refractivity contribution >= 4 is 17.8 Å². The molecule has 10 heteroatoms. The Kier molecular flexibility index (Phi) is 6.85. The van der Waals surface area contributed by atoms with E-state index in [-0.39, 0.29) is 19.1 Å². The van der Waals surface area contributed by atoms with E-state index in [0.29, 0.717) is 11.6 Å². The molecule has 0 unspecified atom stereocenters. The Morgan fingerprint density at radius 2 is 2.24 bits per heavy atom. The van der Waals surface area contributed by atoms with Crippen molar-refractivity contribution in [2.45, 2.75) is 45.1 Å². The number of fused-ring (bicyclic) bond motifs is 1. The van der Waals surface area contributed by atoms with Crippen molar-refractivity contribution < 1.29 is 23.1 Å². The molecule has 0 bridgehead atoms. The number of amidine groups is 1. The Hall–Kier alpha value is -3.43. The molecule has 2 aliphatic heterocycles. The number of piperidine rings is 1. The molecule has 1 saturated heterocycles. The van der Waals surface area contributed by atoms with Gasteiger partial charge in [0.1, 0.15) is 12.4 Å². The van der Waals surface area contributed by atoms with Crippen LogP contribution in [0.15, 0.2) is 41.5 Å². The molecule has 0 spiro atoms. The smallest absolute Gasteiger partial charge is 0.262 e. The highest BCUT2D eigenvalue weighted by atomic mass is 19.3. The minimum Gasteiger partial charge on any atom is -0.495 e. The third-order valence-corrected chi connectivity index (χ3v) is 5.81. The van der Waals surface area contributed by atoms with Crippen molar-refractivity contribution in [3.8, 4) is 11.4 Å². The summed E-state index contributed by atoms with van der Waals surface area (Å²) in [5.41, 5.74) is 3.74. The molecule has 182 valence electrons. The van der Waals surface area contributed by atoms with E-state index in [4.69, 9.17) is 9.57 Å². The van der Waals surface area contributed by atoms with Crippen LogP contribution < -0.4 is 10.1 Å².